The van der Waals surface area contributed by atoms with Gasteiger partial charge in [-0.3, -0.25) is 0 Å². The topological polar surface area (TPSA) is 67.9 Å². The zero-order chi connectivity index (χ0) is 21.6. The van der Waals surface area contributed by atoms with Gasteiger partial charge in [0.1, 0.15) is 13.2 Å². The predicted molar refractivity (Wildman–Crippen MR) is 117 cm³/mol. The van der Waals surface area contributed by atoms with Crippen LogP contribution in [0.25, 0.3) is 0 Å². The van der Waals surface area contributed by atoms with Gasteiger partial charge < -0.3 is 19.7 Å². The Morgan fingerprint density at radius 2 is 1.42 bits per heavy atom. The summed E-state index contributed by atoms with van der Waals surface area (Å²) in [5, 5.41) is 2.98. The molecular formula is C25H30N2O4. The summed E-state index contributed by atoms with van der Waals surface area (Å²) in [7, 11) is 0. The van der Waals surface area contributed by atoms with Gasteiger partial charge in [0, 0.05) is 18.1 Å². The predicted octanol–water partition coefficient (Wildman–Crippen LogP) is 4.88. The maximum atomic E-state index is 12.7. The van der Waals surface area contributed by atoms with Crippen molar-refractivity contribution in [2.75, 3.05) is 0 Å². The monoisotopic (exact) mass is 422 g/mol. The lowest BCUT2D eigenvalue weighted by Crippen LogP contribution is -2.51. The summed E-state index contributed by atoms with van der Waals surface area (Å²) in [5.74, 6) is 0.319. The quantitative estimate of drug-likeness (QED) is 0.720. The standard InChI is InChI=1S/C25H30N2O4/c1-18(26-24(28)30-16-19-8-4-2-5-9-19)21-14-22-12-13-23(15-21)27(22)25(29)31-17-20-10-6-3-7-11-20/h2-11,18,21-23H,12-17H2,1H3,(H,26,28)/t18-,21?,22?,23?/m1/s1. The fraction of sp³-hybridized carbons (Fsp3) is 0.440. The molecule has 2 heterocycles. The molecule has 0 aromatic heterocycles. The van der Waals surface area contributed by atoms with Crippen molar-refractivity contribution in [3.8, 4) is 0 Å². The first-order valence-corrected chi connectivity index (χ1v) is 11.1. The van der Waals surface area contributed by atoms with Gasteiger partial charge in [-0.25, -0.2) is 9.59 Å². The first kappa shape index (κ1) is 21.2. The average Bonchev–Trinajstić information content (AvgIpc) is 3.06. The lowest BCUT2D eigenvalue weighted by atomic mass is 9.86. The first-order chi connectivity index (χ1) is 15.1. The molecule has 2 aliphatic heterocycles. The second kappa shape index (κ2) is 9.86. The highest BCUT2D eigenvalue weighted by Crippen LogP contribution is 2.40. The summed E-state index contributed by atoms with van der Waals surface area (Å²) in [6, 6.07) is 19.7. The van der Waals surface area contributed by atoms with Crippen molar-refractivity contribution in [3.05, 3.63) is 71.8 Å². The number of piperidine rings is 1. The van der Waals surface area contributed by atoms with Gasteiger partial charge in [0.25, 0.3) is 0 Å². The molecule has 1 N–H and O–H groups in total. The van der Waals surface area contributed by atoms with E-state index in [1.807, 2.05) is 72.5 Å². The van der Waals surface area contributed by atoms with Crippen LogP contribution in [0.1, 0.15) is 43.7 Å². The van der Waals surface area contributed by atoms with Gasteiger partial charge in [-0.15, -0.1) is 0 Å². The molecule has 0 spiro atoms. The summed E-state index contributed by atoms with van der Waals surface area (Å²) in [5.41, 5.74) is 1.95. The van der Waals surface area contributed by atoms with Gasteiger partial charge >= 0.3 is 12.2 Å². The smallest absolute Gasteiger partial charge is 0.410 e. The zero-order valence-corrected chi connectivity index (χ0v) is 17.9. The van der Waals surface area contributed by atoms with Crippen LogP contribution < -0.4 is 5.32 Å². The number of rotatable bonds is 6. The maximum Gasteiger partial charge on any atom is 0.410 e. The molecule has 2 unspecified atom stereocenters. The maximum absolute atomic E-state index is 12.7. The zero-order valence-electron chi connectivity index (χ0n) is 17.9. The Labute approximate surface area is 183 Å². The van der Waals surface area contributed by atoms with Crippen molar-refractivity contribution in [1.82, 2.24) is 10.2 Å². The van der Waals surface area contributed by atoms with Gasteiger partial charge in [0.05, 0.1) is 0 Å². The van der Waals surface area contributed by atoms with E-state index in [2.05, 4.69) is 5.32 Å². The number of amides is 2. The Morgan fingerprint density at radius 3 is 1.97 bits per heavy atom. The Morgan fingerprint density at radius 1 is 0.903 bits per heavy atom. The van der Waals surface area contributed by atoms with Gasteiger partial charge in [0.2, 0.25) is 0 Å². The summed E-state index contributed by atoms with van der Waals surface area (Å²) in [6.07, 6.45) is 3.11. The van der Waals surface area contributed by atoms with Crippen LogP contribution in [0.15, 0.2) is 60.7 Å². The van der Waals surface area contributed by atoms with Crippen LogP contribution in [-0.2, 0) is 22.7 Å². The Kier molecular flexibility index (Phi) is 6.75. The molecule has 6 nitrogen and oxygen atoms in total. The molecule has 3 atom stereocenters. The highest BCUT2D eigenvalue weighted by atomic mass is 16.6. The van der Waals surface area contributed by atoms with Crippen molar-refractivity contribution in [3.63, 3.8) is 0 Å². The van der Waals surface area contributed by atoms with Crippen LogP contribution in [0.2, 0.25) is 0 Å². The van der Waals surface area contributed by atoms with E-state index in [-0.39, 0.29) is 30.8 Å². The van der Waals surface area contributed by atoms with Gasteiger partial charge in [0.15, 0.2) is 0 Å². The van der Waals surface area contributed by atoms with Gasteiger partial charge in [-0.2, -0.15) is 0 Å². The summed E-state index contributed by atoms with van der Waals surface area (Å²) in [6.45, 7) is 2.58. The van der Waals surface area contributed by atoms with Crippen LogP contribution in [0.3, 0.4) is 0 Å². The molecule has 31 heavy (non-hydrogen) atoms. The third-order valence-electron chi connectivity index (χ3n) is 6.45. The number of hydrogen-bond donors (Lipinski definition) is 1. The van der Waals surface area contributed by atoms with Gasteiger partial charge in [-0.05, 0) is 49.7 Å². The molecular weight excluding hydrogens is 392 g/mol. The second-order valence-electron chi connectivity index (χ2n) is 8.56. The second-order valence-corrected chi connectivity index (χ2v) is 8.56. The molecule has 2 bridgehead atoms. The van der Waals surface area contributed by atoms with Crippen LogP contribution >= 0.6 is 0 Å². The summed E-state index contributed by atoms with van der Waals surface area (Å²) in [4.78, 5) is 26.9. The van der Waals surface area contributed by atoms with E-state index in [1.165, 1.54) is 0 Å². The molecule has 2 aromatic rings. The highest BCUT2D eigenvalue weighted by Gasteiger charge is 2.45. The Hall–Kier alpha value is -3.02. The fourth-order valence-electron chi connectivity index (χ4n) is 4.79. The molecule has 4 rings (SSSR count). The van der Waals surface area contributed by atoms with Crippen molar-refractivity contribution >= 4 is 12.2 Å². The van der Waals surface area contributed by atoms with Crippen molar-refractivity contribution in [1.29, 1.82) is 0 Å². The molecule has 0 radical (unpaired) electrons. The highest BCUT2D eigenvalue weighted by molar-refractivity contribution is 5.69. The third kappa shape index (κ3) is 5.37. The van der Waals surface area contributed by atoms with E-state index < -0.39 is 6.09 Å². The number of alkyl carbamates (subject to hydrolysis) is 1. The lowest BCUT2D eigenvalue weighted by molar-refractivity contribution is 0.0472. The minimum Gasteiger partial charge on any atom is -0.445 e. The van der Waals surface area contributed by atoms with Crippen LogP contribution in [0, 0.1) is 5.92 Å². The van der Waals surface area contributed by atoms with Crippen LogP contribution in [0.5, 0.6) is 0 Å². The van der Waals surface area contributed by atoms with Crippen LogP contribution in [0.4, 0.5) is 9.59 Å². The van der Waals surface area contributed by atoms with E-state index in [0.717, 1.165) is 36.8 Å². The van der Waals surface area contributed by atoms with Crippen molar-refractivity contribution in [2.24, 2.45) is 5.92 Å². The molecule has 2 saturated heterocycles. The van der Waals surface area contributed by atoms with E-state index in [1.54, 1.807) is 0 Å². The molecule has 2 aromatic carbocycles. The minimum absolute atomic E-state index is 0.00568. The van der Waals surface area contributed by atoms with Crippen molar-refractivity contribution in [2.45, 2.75) is 63.9 Å². The van der Waals surface area contributed by atoms with E-state index in [4.69, 9.17) is 9.47 Å². The number of nitrogens with one attached hydrogen (secondary N) is 1. The Balaban J connectivity index is 1.25. The molecule has 2 fully saturated rings. The molecule has 2 aliphatic rings. The van der Waals surface area contributed by atoms with E-state index >= 15 is 0 Å². The number of ether oxygens (including phenoxy) is 2. The van der Waals surface area contributed by atoms with Crippen LogP contribution in [-0.4, -0.2) is 35.2 Å². The van der Waals surface area contributed by atoms with E-state index in [9.17, 15) is 9.59 Å². The largest absolute Gasteiger partial charge is 0.445 e. The normalized spacial score (nSPS) is 23.1. The number of carbonyl (C=O) groups is 2. The molecule has 2 amide bonds. The van der Waals surface area contributed by atoms with Crippen molar-refractivity contribution < 1.29 is 19.1 Å². The SMILES string of the molecule is C[C@@H](NC(=O)OCc1ccccc1)C1CC2CCC(C1)N2C(=O)OCc1ccccc1. The number of carbonyl (C=O) groups excluding carboxylic acids is 2. The third-order valence-corrected chi connectivity index (χ3v) is 6.45. The first-order valence-electron chi connectivity index (χ1n) is 11.1. The minimum atomic E-state index is -0.395. The summed E-state index contributed by atoms with van der Waals surface area (Å²) >= 11 is 0. The number of hydrogen-bond acceptors (Lipinski definition) is 4. The molecule has 0 saturated carbocycles. The fourth-order valence-corrected chi connectivity index (χ4v) is 4.79. The average molecular weight is 423 g/mol. The molecule has 0 aliphatic carbocycles. The molecule has 6 heteroatoms. The number of benzene rings is 2. The number of nitrogens with zero attached hydrogens (tertiary/aromatic N) is 1. The molecule has 164 valence electrons. The van der Waals surface area contributed by atoms with E-state index in [0.29, 0.717) is 12.5 Å². The summed E-state index contributed by atoms with van der Waals surface area (Å²) < 4.78 is 10.9. The number of fused-ring (bicyclic) bond motifs is 2. The Bertz CT molecular complexity index is 860. The lowest BCUT2D eigenvalue weighted by Gasteiger charge is -2.40. The van der Waals surface area contributed by atoms with Gasteiger partial charge in [-0.1, -0.05) is 60.7 Å².